The van der Waals surface area contributed by atoms with Gasteiger partial charge < -0.3 is 10.0 Å². The van der Waals surface area contributed by atoms with Crippen LogP contribution in [0.3, 0.4) is 0 Å². The molecule has 1 aliphatic rings. The fourth-order valence-electron chi connectivity index (χ4n) is 2.64. The van der Waals surface area contributed by atoms with E-state index in [1.54, 1.807) is 6.92 Å². The van der Waals surface area contributed by atoms with Crippen molar-refractivity contribution >= 4 is 27.4 Å². The molecule has 0 bridgehead atoms. The molecule has 0 unspecified atom stereocenters. The molecule has 1 fully saturated rings. The molecular weight excluding hydrogens is 320 g/mol. The van der Waals surface area contributed by atoms with Crippen molar-refractivity contribution in [2.45, 2.75) is 13.3 Å². The second kappa shape index (κ2) is 7.20. The van der Waals surface area contributed by atoms with Gasteiger partial charge in [-0.3, -0.25) is 9.69 Å². The molecule has 1 saturated heterocycles. The molecule has 1 aromatic rings. The number of aliphatic hydroxyl groups excluding tert-OH is 1. The molecular formula is C15H21BrN2O2. The van der Waals surface area contributed by atoms with Crippen molar-refractivity contribution in [3.05, 3.63) is 28.2 Å². The summed E-state index contributed by atoms with van der Waals surface area (Å²) in [6.07, 6.45) is 1.05. The van der Waals surface area contributed by atoms with E-state index < -0.39 is 0 Å². The maximum atomic E-state index is 11.8. The lowest BCUT2D eigenvalue weighted by Crippen LogP contribution is -2.33. The minimum absolute atomic E-state index is 0.101. The number of hydrogen-bond donors (Lipinski definition) is 1. The van der Waals surface area contributed by atoms with Gasteiger partial charge in [-0.1, -0.05) is 15.9 Å². The van der Waals surface area contributed by atoms with Crippen LogP contribution in [-0.2, 0) is 0 Å². The normalized spacial score (nSPS) is 17.1. The van der Waals surface area contributed by atoms with E-state index >= 15 is 0 Å². The quantitative estimate of drug-likeness (QED) is 0.853. The number of ketones is 1. The maximum Gasteiger partial charge on any atom is 0.161 e. The van der Waals surface area contributed by atoms with Gasteiger partial charge in [-0.15, -0.1) is 0 Å². The Bertz CT molecular complexity index is 479. The molecule has 0 spiro atoms. The number of β-amino-alcohol motifs (C(OH)–C–C–N with tert-alkyl or cyclic N) is 1. The second-order valence-corrected chi connectivity index (χ2v) is 6.04. The van der Waals surface area contributed by atoms with Crippen molar-refractivity contribution in [2.75, 3.05) is 44.2 Å². The minimum atomic E-state index is 0.101. The predicted molar refractivity (Wildman–Crippen MR) is 84.5 cm³/mol. The Kier molecular flexibility index (Phi) is 5.57. The fraction of sp³-hybridized carbons (Fsp3) is 0.533. The summed E-state index contributed by atoms with van der Waals surface area (Å²) in [7, 11) is 0. The number of anilines is 1. The van der Waals surface area contributed by atoms with Gasteiger partial charge in [-0.05, 0) is 38.1 Å². The van der Waals surface area contributed by atoms with E-state index in [2.05, 4.69) is 25.7 Å². The van der Waals surface area contributed by atoms with Crippen LogP contribution in [-0.4, -0.2) is 55.1 Å². The second-order valence-electron chi connectivity index (χ2n) is 5.12. The zero-order valence-corrected chi connectivity index (χ0v) is 13.4. The molecule has 20 heavy (non-hydrogen) atoms. The van der Waals surface area contributed by atoms with E-state index in [0.717, 1.165) is 54.9 Å². The first-order valence-electron chi connectivity index (χ1n) is 7.00. The molecule has 1 N–H and O–H groups in total. The summed E-state index contributed by atoms with van der Waals surface area (Å²) in [5.74, 6) is 0.101. The summed E-state index contributed by atoms with van der Waals surface area (Å²) in [5, 5.41) is 9.04. The first kappa shape index (κ1) is 15.5. The van der Waals surface area contributed by atoms with Crippen molar-refractivity contribution in [2.24, 2.45) is 0 Å². The summed E-state index contributed by atoms with van der Waals surface area (Å²) in [6, 6.07) is 5.83. The number of hydrogen-bond acceptors (Lipinski definition) is 4. The zero-order chi connectivity index (χ0) is 14.5. The average Bonchev–Trinajstić information content (AvgIpc) is 2.64. The molecule has 0 aromatic heterocycles. The number of aliphatic hydroxyl groups is 1. The summed E-state index contributed by atoms with van der Waals surface area (Å²) < 4.78 is 0.994. The maximum absolute atomic E-state index is 11.8. The van der Waals surface area contributed by atoms with E-state index in [9.17, 15) is 4.79 Å². The summed E-state index contributed by atoms with van der Waals surface area (Å²) in [6.45, 7) is 6.30. The first-order valence-corrected chi connectivity index (χ1v) is 7.80. The Morgan fingerprint density at radius 1 is 1.30 bits per heavy atom. The summed E-state index contributed by atoms with van der Waals surface area (Å²) >= 11 is 3.49. The highest BCUT2D eigenvalue weighted by molar-refractivity contribution is 9.10. The van der Waals surface area contributed by atoms with Crippen LogP contribution in [0.25, 0.3) is 0 Å². The Morgan fingerprint density at radius 2 is 2.10 bits per heavy atom. The SMILES string of the molecule is CC(=O)c1ccc(Br)cc1N1CCCN(CCO)CC1. The number of halogens is 1. The number of carbonyl (C=O) groups excluding carboxylic acids is 1. The number of Topliss-reactive ketones (excluding diaryl/α,β-unsaturated/α-hetero) is 1. The third kappa shape index (κ3) is 3.81. The fourth-order valence-corrected chi connectivity index (χ4v) is 2.99. The lowest BCUT2D eigenvalue weighted by atomic mass is 10.1. The van der Waals surface area contributed by atoms with Crippen LogP contribution < -0.4 is 4.90 Å². The van der Waals surface area contributed by atoms with E-state index in [1.807, 2.05) is 18.2 Å². The van der Waals surface area contributed by atoms with Gasteiger partial charge in [-0.25, -0.2) is 0 Å². The molecule has 4 nitrogen and oxygen atoms in total. The lowest BCUT2D eigenvalue weighted by molar-refractivity contribution is 0.101. The third-order valence-corrected chi connectivity index (χ3v) is 4.18. The average molecular weight is 341 g/mol. The topological polar surface area (TPSA) is 43.8 Å². The van der Waals surface area contributed by atoms with Gasteiger partial charge in [0.25, 0.3) is 0 Å². The van der Waals surface area contributed by atoms with E-state index in [-0.39, 0.29) is 12.4 Å². The smallest absolute Gasteiger partial charge is 0.161 e. The number of rotatable bonds is 4. The van der Waals surface area contributed by atoms with Crippen LogP contribution in [0.5, 0.6) is 0 Å². The molecule has 2 rings (SSSR count). The number of nitrogens with zero attached hydrogens (tertiary/aromatic N) is 2. The molecule has 0 amide bonds. The number of benzene rings is 1. The van der Waals surface area contributed by atoms with Gasteiger partial charge in [0.15, 0.2) is 5.78 Å². The van der Waals surface area contributed by atoms with E-state index in [1.165, 1.54) is 0 Å². The molecule has 1 aliphatic heterocycles. The lowest BCUT2D eigenvalue weighted by Gasteiger charge is -2.25. The van der Waals surface area contributed by atoms with Gasteiger partial charge in [0.05, 0.1) is 6.61 Å². The molecule has 0 saturated carbocycles. The van der Waals surface area contributed by atoms with Gasteiger partial charge in [0.2, 0.25) is 0 Å². The minimum Gasteiger partial charge on any atom is -0.395 e. The van der Waals surface area contributed by atoms with Crippen LogP contribution in [0, 0.1) is 0 Å². The van der Waals surface area contributed by atoms with Crippen LogP contribution in [0.2, 0.25) is 0 Å². The Hall–Kier alpha value is -0.910. The van der Waals surface area contributed by atoms with Gasteiger partial charge in [-0.2, -0.15) is 0 Å². The standard InChI is InChI=1S/C15H21BrN2O2/c1-12(20)14-4-3-13(16)11-15(14)18-6-2-5-17(7-8-18)9-10-19/h3-4,11,19H,2,5-10H2,1H3. The van der Waals surface area contributed by atoms with E-state index in [0.29, 0.717) is 0 Å². The highest BCUT2D eigenvalue weighted by Gasteiger charge is 2.18. The molecule has 0 aliphatic carbocycles. The Balaban J connectivity index is 2.18. The van der Waals surface area contributed by atoms with Gasteiger partial charge in [0, 0.05) is 41.9 Å². The molecule has 110 valence electrons. The highest BCUT2D eigenvalue weighted by atomic mass is 79.9. The van der Waals surface area contributed by atoms with Gasteiger partial charge in [0.1, 0.15) is 0 Å². The van der Waals surface area contributed by atoms with Crippen LogP contribution >= 0.6 is 15.9 Å². The van der Waals surface area contributed by atoms with Crippen molar-refractivity contribution in [1.82, 2.24) is 4.90 Å². The zero-order valence-electron chi connectivity index (χ0n) is 11.8. The van der Waals surface area contributed by atoms with Crippen molar-refractivity contribution in [3.8, 4) is 0 Å². The Morgan fingerprint density at radius 3 is 2.80 bits per heavy atom. The van der Waals surface area contributed by atoms with E-state index in [4.69, 9.17) is 5.11 Å². The summed E-state index contributed by atoms with van der Waals surface area (Å²) in [5.41, 5.74) is 1.79. The molecule has 0 atom stereocenters. The largest absolute Gasteiger partial charge is 0.395 e. The molecule has 1 aromatic carbocycles. The van der Waals surface area contributed by atoms with Crippen LogP contribution in [0.4, 0.5) is 5.69 Å². The molecule has 5 heteroatoms. The van der Waals surface area contributed by atoms with Crippen molar-refractivity contribution in [3.63, 3.8) is 0 Å². The monoisotopic (exact) mass is 340 g/mol. The van der Waals surface area contributed by atoms with Crippen molar-refractivity contribution in [1.29, 1.82) is 0 Å². The predicted octanol–water partition coefficient (Wildman–Crippen LogP) is 2.16. The highest BCUT2D eigenvalue weighted by Crippen LogP contribution is 2.26. The first-order chi connectivity index (χ1) is 9.61. The molecule has 0 radical (unpaired) electrons. The number of carbonyl (C=O) groups is 1. The van der Waals surface area contributed by atoms with Crippen LogP contribution in [0.15, 0.2) is 22.7 Å². The third-order valence-electron chi connectivity index (χ3n) is 3.68. The Labute approximate surface area is 128 Å². The van der Waals surface area contributed by atoms with Gasteiger partial charge >= 0.3 is 0 Å². The summed E-state index contributed by atoms with van der Waals surface area (Å²) in [4.78, 5) is 16.3. The molecule has 1 heterocycles. The van der Waals surface area contributed by atoms with Crippen molar-refractivity contribution < 1.29 is 9.90 Å². The van der Waals surface area contributed by atoms with Crippen LogP contribution in [0.1, 0.15) is 23.7 Å².